The highest BCUT2D eigenvalue weighted by molar-refractivity contribution is 9.10. The molecule has 2 aromatic carbocycles. The number of para-hydroxylation sites is 1. The van der Waals surface area contributed by atoms with Crippen molar-refractivity contribution < 1.29 is 12.8 Å². The molecule has 3 N–H and O–H groups in total. The molecule has 0 aliphatic rings. The van der Waals surface area contributed by atoms with Gasteiger partial charge in [0.25, 0.3) is 10.0 Å². The van der Waals surface area contributed by atoms with Gasteiger partial charge in [-0.25, -0.2) is 12.8 Å². The lowest BCUT2D eigenvalue weighted by atomic mass is 10.3. The number of halogens is 2. The SMILES string of the molecule is Nc1cc(S(=O)(=O)Nc2ccccc2)c(Br)cc1F. The van der Waals surface area contributed by atoms with Crippen LogP contribution in [-0.4, -0.2) is 8.42 Å². The fourth-order valence-corrected chi connectivity index (χ4v) is 3.58. The van der Waals surface area contributed by atoms with E-state index in [-0.39, 0.29) is 15.1 Å². The van der Waals surface area contributed by atoms with Crippen LogP contribution in [0.3, 0.4) is 0 Å². The summed E-state index contributed by atoms with van der Waals surface area (Å²) in [7, 11) is -3.83. The van der Waals surface area contributed by atoms with E-state index in [1.54, 1.807) is 30.3 Å². The second-order valence-corrected chi connectivity index (χ2v) is 6.28. The van der Waals surface area contributed by atoms with Crippen LogP contribution in [0.15, 0.2) is 51.8 Å². The third kappa shape index (κ3) is 3.05. The first-order valence-electron chi connectivity index (χ1n) is 5.22. The highest BCUT2D eigenvalue weighted by Crippen LogP contribution is 2.28. The van der Waals surface area contributed by atoms with E-state index in [9.17, 15) is 12.8 Å². The average Bonchev–Trinajstić information content (AvgIpc) is 2.34. The summed E-state index contributed by atoms with van der Waals surface area (Å²) in [5.74, 6) is -0.675. The Bertz CT molecular complexity index is 705. The van der Waals surface area contributed by atoms with Crippen LogP contribution in [-0.2, 0) is 10.0 Å². The van der Waals surface area contributed by atoms with Gasteiger partial charge >= 0.3 is 0 Å². The number of sulfonamides is 1. The Balaban J connectivity index is 2.43. The summed E-state index contributed by atoms with van der Waals surface area (Å²) in [6, 6.07) is 10.5. The molecule has 2 aromatic rings. The molecule has 0 aliphatic heterocycles. The molecule has 0 saturated heterocycles. The first-order chi connectivity index (χ1) is 8.90. The van der Waals surface area contributed by atoms with E-state index < -0.39 is 15.8 Å². The Hall–Kier alpha value is -1.60. The predicted octanol–water partition coefficient (Wildman–Crippen LogP) is 2.97. The van der Waals surface area contributed by atoms with Crippen molar-refractivity contribution in [2.24, 2.45) is 0 Å². The number of anilines is 2. The summed E-state index contributed by atoms with van der Waals surface area (Å²) in [6.07, 6.45) is 0. The van der Waals surface area contributed by atoms with E-state index >= 15 is 0 Å². The second kappa shape index (κ2) is 5.18. The van der Waals surface area contributed by atoms with Crippen molar-refractivity contribution in [3.63, 3.8) is 0 Å². The van der Waals surface area contributed by atoms with Gasteiger partial charge in [-0.1, -0.05) is 18.2 Å². The van der Waals surface area contributed by atoms with Crippen molar-refractivity contribution >= 4 is 37.3 Å². The molecule has 19 heavy (non-hydrogen) atoms. The number of nitrogen functional groups attached to an aromatic ring is 1. The summed E-state index contributed by atoms with van der Waals surface area (Å²) < 4.78 is 40.0. The fraction of sp³-hybridized carbons (Fsp3) is 0. The van der Waals surface area contributed by atoms with E-state index in [2.05, 4.69) is 20.7 Å². The van der Waals surface area contributed by atoms with Crippen LogP contribution in [0.5, 0.6) is 0 Å². The number of benzene rings is 2. The molecule has 0 atom stereocenters. The minimum atomic E-state index is -3.83. The van der Waals surface area contributed by atoms with E-state index in [0.717, 1.165) is 12.1 Å². The van der Waals surface area contributed by atoms with Crippen LogP contribution in [0.25, 0.3) is 0 Å². The monoisotopic (exact) mass is 344 g/mol. The van der Waals surface area contributed by atoms with Gasteiger partial charge in [-0.05, 0) is 40.2 Å². The Morgan fingerprint density at radius 2 is 1.79 bits per heavy atom. The van der Waals surface area contributed by atoms with Crippen molar-refractivity contribution in [3.8, 4) is 0 Å². The van der Waals surface area contributed by atoms with Gasteiger partial charge < -0.3 is 5.73 Å². The normalized spacial score (nSPS) is 11.3. The minimum Gasteiger partial charge on any atom is -0.396 e. The van der Waals surface area contributed by atoms with Gasteiger partial charge in [-0.3, -0.25) is 4.72 Å². The van der Waals surface area contributed by atoms with Crippen molar-refractivity contribution in [1.82, 2.24) is 0 Å². The van der Waals surface area contributed by atoms with Crippen LogP contribution >= 0.6 is 15.9 Å². The molecule has 0 bridgehead atoms. The number of hydrogen-bond donors (Lipinski definition) is 2. The quantitative estimate of drug-likeness (QED) is 0.840. The summed E-state index contributed by atoms with van der Waals surface area (Å²) in [5.41, 5.74) is 5.58. The smallest absolute Gasteiger partial charge is 0.263 e. The third-order valence-electron chi connectivity index (χ3n) is 2.37. The molecule has 2 rings (SSSR count). The van der Waals surface area contributed by atoms with Gasteiger partial charge in [0.2, 0.25) is 0 Å². The maximum Gasteiger partial charge on any atom is 0.263 e. The molecule has 0 saturated carbocycles. The zero-order valence-corrected chi connectivity index (χ0v) is 12.0. The zero-order valence-electron chi connectivity index (χ0n) is 9.60. The zero-order chi connectivity index (χ0) is 14.0. The molecule has 0 unspecified atom stereocenters. The highest BCUT2D eigenvalue weighted by Gasteiger charge is 2.19. The molecular weight excluding hydrogens is 335 g/mol. The number of nitrogens with one attached hydrogen (secondary N) is 1. The predicted molar refractivity (Wildman–Crippen MR) is 75.8 cm³/mol. The molecule has 0 heterocycles. The molecule has 0 spiro atoms. The summed E-state index contributed by atoms with van der Waals surface area (Å²) >= 11 is 3.02. The molecule has 100 valence electrons. The Morgan fingerprint density at radius 3 is 2.42 bits per heavy atom. The number of hydrogen-bond acceptors (Lipinski definition) is 3. The van der Waals surface area contributed by atoms with Crippen LogP contribution in [0.1, 0.15) is 0 Å². The molecule has 7 heteroatoms. The lowest BCUT2D eigenvalue weighted by molar-refractivity contribution is 0.599. The highest BCUT2D eigenvalue weighted by atomic mass is 79.9. The van der Waals surface area contributed by atoms with Crippen molar-refractivity contribution in [3.05, 3.63) is 52.8 Å². The molecule has 0 aromatic heterocycles. The van der Waals surface area contributed by atoms with Gasteiger partial charge in [-0.15, -0.1) is 0 Å². The number of rotatable bonds is 3. The Kier molecular flexibility index (Phi) is 3.77. The van der Waals surface area contributed by atoms with E-state index in [1.807, 2.05) is 0 Å². The summed E-state index contributed by atoms with van der Waals surface area (Å²) in [4.78, 5) is -0.116. The summed E-state index contributed by atoms with van der Waals surface area (Å²) in [5, 5.41) is 0. The van der Waals surface area contributed by atoms with Gasteiger partial charge in [-0.2, -0.15) is 0 Å². The maximum atomic E-state index is 13.2. The van der Waals surface area contributed by atoms with Crippen molar-refractivity contribution in [2.45, 2.75) is 4.90 Å². The lowest BCUT2D eigenvalue weighted by Gasteiger charge is -2.10. The second-order valence-electron chi connectivity index (χ2n) is 3.78. The lowest BCUT2D eigenvalue weighted by Crippen LogP contribution is -2.14. The minimum absolute atomic E-state index is 0.114. The average molecular weight is 345 g/mol. The largest absolute Gasteiger partial charge is 0.396 e. The standard InChI is InChI=1S/C12H10BrFN2O2S/c13-9-6-10(14)11(15)7-12(9)19(17,18)16-8-4-2-1-3-5-8/h1-7,16H,15H2. The van der Waals surface area contributed by atoms with E-state index in [0.29, 0.717) is 5.69 Å². The van der Waals surface area contributed by atoms with E-state index in [4.69, 9.17) is 5.73 Å². The van der Waals surface area contributed by atoms with Crippen LogP contribution in [0.2, 0.25) is 0 Å². The number of nitrogens with two attached hydrogens (primary N) is 1. The third-order valence-corrected chi connectivity index (χ3v) is 4.71. The summed E-state index contributed by atoms with van der Waals surface area (Å²) in [6.45, 7) is 0. The first-order valence-corrected chi connectivity index (χ1v) is 7.50. The van der Waals surface area contributed by atoms with Gasteiger partial charge in [0, 0.05) is 10.2 Å². The fourth-order valence-electron chi connectivity index (χ4n) is 1.47. The molecule has 0 amide bonds. The topological polar surface area (TPSA) is 72.2 Å². The maximum absolute atomic E-state index is 13.2. The Morgan fingerprint density at radius 1 is 1.16 bits per heavy atom. The molecule has 0 aliphatic carbocycles. The molecule has 0 fully saturated rings. The Labute approximate surface area is 118 Å². The van der Waals surface area contributed by atoms with E-state index in [1.165, 1.54) is 0 Å². The van der Waals surface area contributed by atoms with Gasteiger partial charge in [0.15, 0.2) is 0 Å². The van der Waals surface area contributed by atoms with Gasteiger partial charge in [0.05, 0.1) is 5.69 Å². The molecule has 0 radical (unpaired) electrons. The van der Waals surface area contributed by atoms with Crippen LogP contribution < -0.4 is 10.5 Å². The van der Waals surface area contributed by atoms with Crippen LogP contribution in [0.4, 0.5) is 15.8 Å². The van der Waals surface area contributed by atoms with Gasteiger partial charge in [0.1, 0.15) is 10.7 Å². The first kappa shape index (κ1) is 13.8. The van der Waals surface area contributed by atoms with Crippen molar-refractivity contribution in [1.29, 1.82) is 0 Å². The van der Waals surface area contributed by atoms with Crippen molar-refractivity contribution in [2.75, 3.05) is 10.5 Å². The van der Waals surface area contributed by atoms with Crippen LogP contribution in [0, 0.1) is 5.82 Å². The molecular formula is C12H10BrFN2O2S. The molecule has 4 nitrogen and oxygen atoms in total.